The molecule has 0 aliphatic carbocycles. The van der Waals surface area contributed by atoms with Crippen molar-refractivity contribution >= 4 is 28.1 Å². The van der Waals surface area contributed by atoms with E-state index in [0.717, 1.165) is 16.3 Å². The second-order valence-corrected chi connectivity index (χ2v) is 4.72. The predicted molar refractivity (Wildman–Crippen MR) is 72.0 cm³/mol. The van der Waals surface area contributed by atoms with Crippen LogP contribution < -0.4 is 0 Å². The number of carboxylic acids is 1. The molecule has 3 rings (SSSR count). The van der Waals surface area contributed by atoms with Crippen LogP contribution in [0.1, 0.15) is 10.5 Å². The highest BCUT2D eigenvalue weighted by Gasteiger charge is 2.16. The van der Waals surface area contributed by atoms with Gasteiger partial charge in [0, 0.05) is 5.56 Å². The van der Waals surface area contributed by atoms with E-state index in [1.165, 1.54) is 11.3 Å². The quantitative estimate of drug-likeness (QED) is 0.760. The first-order valence-electron chi connectivity index (χ1n) is 5.42. The highest BCUT2D eigenvalue weighted by atomic mass is 32.1. The number of rotatable bonds is 2. The van der Waals surface area contributed by atoms with Crippen LogP contribution >= 0.6 is 11.3 Å². The first-order valence-corrected chi connectivity index (χ1v) is 6.30. The maximum atomic E-state index is 11.1. The van der Waals surface area contributed by atoms with Crippen molar-refractivity contribution in [3.8, 4) is 10.4 Å². The maximum Gasteiger partial charge on any atom is 0.356 e. The molecule has 0 unspecified atom stereocenters. The predicted octanol–water partition coefficient (Wildman–Crippen LogP) is 3.66. The molecular formula is C14H9NO2S. The Kier molecular flexibility index (Phi) is 2.57. The lowest BCUT2D eigenvalue weighted by atomic mass is 10.0. The highest BCUT2D eigenvalue weighted by Crippen LogP contribution is 2.33. The Balaban J connectivity index is 2.32. The molecule has 0 atom stereocenters. The van der Waals surface area contributed by atoms with Crippen LogP contribution in [-0.4, -0.2) is 16.1 Å². The monoisotopic (exact) mass is 255 g/mol. The molecule has 3 aromatic rings. The lowest BCUT2D eigenvalue weighted by Gasteiger charge is -2.04. The van der Waals surface area contributed by atoms with Crippen molar-refractivity contribution < 1.29 is 9.90 Å². The van der Waals surface area contributed by atoms with Gasteiger partial charge < -0.3 is 5.11 Å². The van der Waals surface area contributed by atoms with Crippen LogP contribution in [-0.2, 0) is 0 Å². The van der Waals surface area contributed by atoms with E-state index in [9.17, 15) is 4.79 Å². The summed E-state index contributed by atoms with van der Waals surface area (Å²) in [5, 5.41) is 11.3. The van der Waals surface area contributed by atoms with Gasteiger partial charge in [-0.2, -0.15) is 0 Å². The summed E-state index contributed by atoms with van der Waals surface area (Å²) in [7, 11) is 0. The molecule has 0 radical (unpaired) electrons. The fourth-order valence-corrected chi connectivity index (χ4v) is 2.83. The van der Waals surface area contributed by atoms with Gasteiger partial charge in [0.15, 0.2) is 5.69 Å². The molecule has 0 bridgehead atoms. The Hall–Kier alpha value is -2.20. The molecule has 0 saturated carbocycles. The zero-order chi connectivity index (χ0) is 12.5. The van der Waals surface area contributed by atoms with Gasteiger partial charge in [0.25, 0.3) is 0 Å². The second-order valence-electron chi connectivity index (χ2n) is 3.86. The standard InChI is InChI=1S/C14H9NO2S/c16-14(17)12-13(18-8-15-12)11-7-3-5-9-4-1-2-6-10(9)11/h1-8H,(H,16,17). The second kappa shape index (κ2) is 4.23. The molecule has 2 aromatic carbocycles. The van der Waals surface area contributed by atoms with Gasteiger partial charge in [-0.05, 0) is 10.8 Å². The van der Waals surface area contributed by atoms with Crippen molar-refractivity contribution in [2.24, 2.45) is 0 Å². The number of nitrogens with zero attached hydrogens (tertiary/aromatic N) is 1. The number of aromatic carboxylic acids is 1. The number of carbonyl (C=O) groups is 1. The molecule has 1 heterocycles. The van der Waals surface area contributed by atoms with Gasteiger partial charge in [0.05, 0.1) is 10.4 Å². The average Bonchev–Trinajstić information content (AvgIpc) is 2.87. The summed E-state index contributed by atoms with van der Waals surface area (Å²) in [6.07, 6.45) is 0. The third kappa shape index (κ3) is 1.67. The number of fused-ring (bicyclic) bond motifs is 1. The molecule has 4 heteroatoms. The van der Waals surface area contributed by atoms with Crippen LogP contribution in [0.4, 0.5) is 0 Å². The summed E-state index contributed by atoms with van der Waals surface area (Å²) in [6.45, 7) is 0. The van der Waals surface area contributed by atoms with E-state index in [4.69, 9.17) is 5.11 Å². The highest BCUT2D eigenvalue weighted by molar-refractivity contribution is 7.13. The van der Waals surface area contributed by atoms with E-state index in [2.05, 4.69) is 4.98 Å². The van der Waals surface area contributed by atoms with E-state index in [0.29, 0.717) is 4.88 Å². The fourth-order valence-electron chi connectivity index (χ4n) is 2.01. The first-order chi connectivity index (χ1) is 8.77. The molecule has 18 heavy (non-hydrogen) atoms. The van der Waals surface area contributed by atoms with Crippen molar-refractivity contribution in [1.29, 1.82) is 0 Å². The summed E-state index contributed by atoms with van der Waals surface area (Å²) in [5.41, 5.74) is 2.62. The van der Waals surface area contributed by atoms with Crippen molar-refractivity contribution in [2.75, 3.05) is 0 Å². The smallest absolute Gasteiger partial charge is 0.356 e. The van der Waals surface area contributed by atoms with Crippen molar-refractivity contribution in [3.63, 3.8) is 0 Å². The molecule has 0 spiro atoms. The van der Waals surface area contributed by atoms with Gasteiger partial charge >= 0.3 is 5.97 Å². The van der Waals surface area contributed by atoms with Crippen LogP contribution in [0.5, 0.6) is 0 Å². The summed E-state index contributed by atoms with van der Waals surface area (Å²) < 4.78 is 0. The minimum Gasteiger partial charge on any atom is -0.476 e. The van der Waals surface area contributed by atoms with Gasteiger partial charge in [0.2, 0.25) is 0 Å². The summed E-state index contributed by atoms with van der Waals surface area (Å²) in [4.78, 5) is 15.8. The van der Waals surface area contributed by atoms with E-state index >= 15 is 0 Å². The summed E-state index contributed by atoms with van der Waals surface area (Å²) in [5.74, 6) is -0.987. The Bertz CT molecular complexity index is 728. The number of thiazole rings is 1. The largest absolute Gasteiger partial charge is 0.476 e. The lowest BCUT2D eigenvalue weighted by molar-refractivity contribution is 0.0692. The van der Waals surface area contributed by atoms with E-state index in [1.807, 2.05) is 42.5 Å². The topological polar surface area (TPSA) is 50.2 Å². The molecule has 0 amide bonds. The minimum absolute atomic E-state index is 0.122. The van der Waals surface area contributed by atoms with Gasteiger partial charge in [-0.1, -0.05) is 42.5 Å². The summed E-state index contributed by atoms with van der Waals surface area (Å²) >= 11 is 1.35. The molecule has 0 aliphatic heterocycles. The Morgan fingerprint density at radius 3 is 2.72 bits per heavy atom. The van der Waals surface area contributed by atoms with Gasteiger partial charge in [-0.25, -0.2) is 9.78 Å². The van der Waals surface area contributed by atoms with E-state index < -0.39 is 5.97 Å². The normalized spacial score (nSPS) is 10.7. The molecule has 1 aromatic heterocycles. The maximum absolute atomic E-state index is 11.1. The summed E-state index contributed by atoms with van der Waals surface area (Å²) in [6, 6.07) is 13.8. The Labute approximate surface area is 107 Å². The zero-order valence-electron chi connectivity index (χ0n) is 9.33. The Morgan fingerprint density at radius 1 is 1.11 bits per heavy atom. The van der Waals surface area contributed by atoms with Crippen molar-refractivity contribution in [3.05, 3.63) is 53.7 Å². The third-order valence-electron chi connectivity index (χ3n) is 2.80. The SMILES string of the molecule is O=C(O)c1ncsc1-c1cccc2ccccc12. The van der Waals surface area contributed by atoms with Crippen molar-refractivity contribution in [1.82, 2.24) is 4.98 Å². The van der Waals surface area contributed by atoms with Crippen molar-refractivity contribution in [2.45, 2.75) is 0 Å². The average molecular weight is 255 g/mol. The number of aromatic nitrogens is 1. The molecule has 3 nitrogen and oxygen atoms in total. The van der Waals surface area contributed by atoms with Gasteiger partial charge in [-0.15, -0.1) is 11.3 Å². The third-order valence-corrected chi connectivity index (χ3v) is 3.66. The number of carboxylic acid groups (broad SMARTS) is 1. The molecule has 0 saturated heterocycles. The molecule has 88 valence electrons. The first kappa shape index (κ1) is 10.9. The van der Waals surface area contributed by atoms with Gasteiger partial charge in [0.1, 0.15) is 0 Å². The number of hydrogen-bond donors (Lipinski definition) is 1. The van der Waals surface area contributed by atoms with E-state index in [-0.39, 0.29) is 5.69 Å². The molecule has 0 fully saturated rings. The van der Waals surface area contributed by atoms with Gasteiger partial charge in [-0.3, -0.25) is 0 Å². The van der Waals surface area contributed by atoms with Crippen LogP contribution in [0, 0.1) is 0 Å². The Morgan fingerprint density at radius 2 is 1.89 bits per heavy atom. The lowest BCUT2D eigenvalue weighted by Crippen LogP contribution is -1.98. The molecular weight excluding hydrogens is 246 g/mol. The number of hydrogen-bond acceptors (Lipinski definition) is 3. The number of benzene rings is 2. The van der Waals surface area contributed by atoms with Crippen LogP contribution in [0.2, 0.25) is 0 Å². The molecule has 0 aliphatic rings. The minimum atomic E-state index is -0.987. The fraction of sp³-hybridized carbons (Fsp3) is 0. The molecule has 1 N–H and O–H groups in total. The zero-order valence-corrected chi connectivity index (χ0v) is 10.1. The van der Waals surface area contributed by atoms with Crippen LogP contribution in [0.3, 0.4) is 0 Å². The van der Waals surface area contributed by atoms with Crippen LogP contribution in [0.25, 0.3) is 21.2 Å². The van der Waals surface area contributed by atoms with Crippen LogP contribution in [0.15, 0.2) is 48.0 Å². The van der Waals surface area contributed by atoms with E-state index in [1.54, 1.807) is 5.51 Å².